The van der Waals surface area contributed by atoms with Crippen molar-refractivity contribution in [1.82, 2.24) is 10.2 Å². The minimum atomic E-state index is -0.803. The summed E-state index contributed by atoms with van der Waals surface area (Å²) in [5.74, 6) is 0.0887. The number of phenolic OH excluding ortho intramolecular Hbond substituents is 1. The van der Waals surface area contributed by atoms with Gasteiger partial charge in [-0.15, -0.1) is 10.2 Å². The molecule has 0 fully saturated rings. The number of rotatable bonds is 5. The molecule has 2 aromatic heterocycles. The molecular weight excluding hydrogens is 442 g/mol. The highest BCUT2D eigenvalue weighted by Gasteiger charge is 2.45. The van der Waals surface area contributed by atoms with Crippen molar-refractivity contribution in [3.8, 4) is 11.5 Å². The first-order chi connectivity index (χ1) is 15.9. The van der Waals surface area contributed by atoms with E-state index < -0.39 is 11.9 Å². The largest absolute Gasteiger partial charge is 0.504 e. The number of hydrogen-bond donors (Lipinski definition) is 1. The molecule has 0 aliphatic carbocycles. The first-order valence-electron chi connectivity index (χ1n) is 10.5. The number of anilines is 1. The number of nitrogens with zero attached hydrogens (tertiary/aromatic N) is 3. The van der Waals surface area contributed by atoms with Gasteiger partial charge in [0.05, 0.1) is 24.1 Å². The van der Waals surface area contributed by atoms with Gasteiger partial charge < -0.3 is 14.3 Å². The maximum atomic E-state index is 13.6. The average Bonchev–Trinajstić information content (AvgIpc) is 3.36. The molecule has 1 aliphatic heterocycles. The van der Waals surface area contributed by atoms with Gasteiger partial charge in [-0.05, 0) is 35.7 Å². The van der Waals surface area contributed by atoms with Gasteiger partial charge in [-0.3, -0.25) is 14.5 Å². The summed E-state index contributed by atoms with van der Waals surface area (Å²) < 4.78 is 11.2. The molecule has 2 aromatic carbocycles. The molecule has 0 unspecified atom stereocenters. The van der Waals surface area contributed by atoms with Gasteiger partial charge in [0.15, 0.2) is 16.9 Å². The fourth-order valence-corrected chi connectivity index (χ4v) is 5.15. The fourth-order valence-electron chi connectivity index (χ4n) is 4.07. The molecule has 1 atom stereocenters. The molecular formula is C24H21N3O5S. The molecule has 0 radical (unpaired) electrons. The number of amides is 1. The monoisotopic (exact) mass is 463 g/mol. The molecule has 0 saturated heterocycles. The second kappa shape index (κ2) is 8.00. The second-order valence-electron chi connectivity index (χ2n) is 8.26. The zero-order chi connectivity index (χ0) is 23.3. The van der Waals surface area contributed by atoms with Crippen LogP contribution in [0.5, 0.6) is 11.5 Å². The van der Waals surface area contributed by atoms with Gasteiger partial charge in [0.25, 0.3) is 5.91 Å². The van der Waals surface area contributed by atoms with Gasteiger partial charge in [-0.25, -0.2) is 0 Å². The number of fused-ring (bicyclic) bond motifs is 2. The molecule has 0 bridgehead atoms. The summed E-state index contributed by atoms with van der Waals surface area (Å²) >= 11 is 1.31. The molecule has 5 rings (SSSR count). The third kappa shape index (κ3) is 3.45. The van der Waals surface area contributed by atoms with Crippen molar-refractivity contribution in [3.05, 3.63) is 74.6 Å². The van der Waals surface area contributed by atoms with Gasteiger partial charge in [0, 0.05) is 6.42 Å². The summed E-state index contributed by atoms with van der Waals surface area (Å²) in [5, 5.41) is 20.2. The molecule has 1 aliphatic rings. The van der Waals surface area contributed by atoms with E-state index >= 15 is 0 Å². The second-order valence-corrected chi connectivity index (χ2v) is 9.30. The standard InChI is InChI=1S/C24H21N3O5S/c1-12(2)10-18-25-26-24(33-18)27-20(13-8-9-15(28)17(11-13)31-3)19-21(29)14-6-4-5-7-16(14)32-22(19)23(27)30/h4-9,11-12,20,28H,10H2,1-3H3/t20-/m0/s1. The van der Waals surface area contributed by atoms with Crippen LogP contribution < -0.4 is 15.1 Å². The molecule has 8 nitrogen and oxygen atoms in total. The first kappa shape index (κ1) is 21.1. The molecule has 3 heterocycles. The summed E-state index contributed by atoms with van der Waals surface area (Å²) in [5.41, 5.74) is 0.870. The molecule has 0 saturated carbocycles. The minimum absolute atomic E-state index is 0.0173. The quantitative estimate of drug-likeness (QED) is 0.470. The topological polar surface area (TPSA) is 106 Å². The van der Waals surface area contributed by atoms with Crippen LogP contribution in [-0.4, -0.2) is 28.3 Å². The Morgan fingerprint density at radius 2 is 1.97 bits per heavy atom. The highest BCUT2D eigenvalue weighted by Crippen LogP contribution is 2.43. The maximum absolute atomic E-state index is 13.6. The third-order valence-electron chi connectivity index (χ3n) is 5.54. The highest BCUT2D eigenvalue weighted by atomic mass is 32.1. The maximum Gasteiger partial charge on any atom is 0.297 e. The van der Waals surface area contributed by atoms with Crippen molar-refractivity contribution in [3.63, 3.8) is 0 Å². The van der Waals surface area contributed by atoms with Gasteiger partial charge >= 0.3 is 0 Å². The highest BCUT2D eigenvalue weighted by molar-refractivity contribution is 7.15. The number of carbonyl (C=O) groups is 1. The van der Waals surface area contributed by atoms with Crippen molar-refractivity contribution in [2.75, 3.05) is 12.0 Å². The van der Waals surface area contributed by atoms with E-state index in [1.165, 1.54) is 29.4 Å². The lowest BCUT2D eigenvalue weighted by atomic mass is 9.98. The van der Waals surface area contributed by atoms with Crippen LogP contribution in [0.2, 0.25) is 0 Å². The van der Waals surface area contributed by atoms with E-state index in [1.807, 2.05) is 0 Å². The van der Waals surface area contributed by atoms with Gasteiger partial charge in [-0.1, -0.05) is 43.4 Å². The average molecular weight is 464 g/mol. The van der Waals surface area contributed by atoms with E-state index in [2.05, 4.69) is 24.0 Å². The normalized spacial score (nSPS) is 15.5. The van der Waals surface area contributed by atoms with Crippen molar-refractivity contribution in [2.45, 2.75) is 26.3 Å². The van der Waals surface area contributed by atoms with Crippen LogP contribution in [0.1, 0.15) is 46.6 Å². The molecule has 33 heavy (non-hydrogen) atoms. The Kier molecular flexibility index (Phi) is 5.13. The predicted octanol–water partition coefficient (Wildman–Crippen LogP) is 4.31. The molecule has 0 spiro atoms. The zero-order valence-corrected chi connectivity index (χ0v) is 19.0. The Labute approximate surface area is 193 Å². The first-order valence-corrected chi connectivity index (χ1v) is 11.3. The molecule has 1 amide bonds. The number of methoxy groups -OCH3 is 1. The summed E-state index contributed by atoms with van der Waals surface area (Å²) in [6, 6.07) is 10.8. The zero-order valence-electron chi connectivity index (χ0n) is 18.2. The van der Waals surface area contributed by atoms with E-state index in [9.17, 15) is 14.7 Å². The SMILES string of the molecule is COc1cc([C@H]2c3c(oc4ccccc4c3=O)C(=O)N2c2nnc(CC(C)C)s2)ccc1O. The summed E-state index contributed by atoms with van der Waals surface area (Å²) in [6.07, 6.45) is 0.728. The summed E-state index contributed by atoms with van der Waals surface area (Å²) in [4.78, 5) is 28.6. The van der Waals surface area contributed by atoms with Crippen molar-refractivity contribution in [2.24, 2.45) is 5.92 Å². The van der Waals surface area contributed by atoms with E-state index in [0.29, 0.717) is 27.6 Å². The van der Waals surface area contributed by atoms with Crippen molar-refractivity contribution < 1.29 is 19.1 Å². The lowest BCUT2D eigenvalue weighted by molar-refractivity contribution is 0.0970. The van der Waals surface area contributed by atoms with Gasteiger partial charge in [-0.2, -0.15) is 0 Å². The van der Waals surface area contributed by atoms with Crippen LogP contribution in [0.25, 0.3) is 11.0 Å². The third-order valence-corrected chi connectivity index (χ3v) is 6.49. The summed E-state index contributed by atoms with van der Waals surface area (Å²) in [6.45, 7) is 4.16. The van der Waals surface area contributed by atoms with E-state index in [1.54, 1.807) is 36.4 Å². The smallest absolute Gasteiger partial charge is 0.297 e. The number of phenols is 1. The lowest BCUT2D eigenvalue weighted by Crippen LogP contribution is -2.29. The van der Waals surface area contributed by atoms with E-state index in [0.717, 1.165) is 11.4 Å². The lowest BCUT2D eigenvalue weighted by Gasteiger charge is -2.22. The number of ether oxygens (including phenoxy) is 1. The molecule has 1 N–H and O–H groups in total. The van der Waals surface area contributed by atoms with Crippen LogP contribution in [0.3, 0.4) is 0 Å². The van der Waals surface area contributed by atoms with E-state index in [-0.39, 0.29) is 28.3 Å². The van der Waals surface area contributed by atoms with Gasteiger partial charge in [0.1, 0.15) is 10.6 Å². The Balaban J connectivity index is 1.75. The van der Waals surface area contributed by atoms with Crippen LogP contribution in [0.4, 0.5) is 5.13 Å². The number of benzene rings is 2. The van der Waals surface area contributed by atoms with Crippen LogP contribution in [0, 0.1) is 5.92 Å². The molecule has 9 heteroatoms. The van der Waals surface area contributed by atoms with Crippen molar-refractivity contribution in [1.29, 1.82) is 0 Å². The molecule has 168 valence electrons. The number of aromatic hydroxyl groups is 1. The van der Waals surface area contributed by atoms with E-state index in [4.69, 9.17) is 9.15 Å². The summed E-state index contributed by atoms with van der Waals surface area (Å²) in [7, 11) is 1.44. The Bertz CT molecular complexity index is 1440. The Morgan fingerprint density at radius 3 is 2.73 bits per heavy atom. The molecule has 4 aromatic rings. The Hall–Kier alpha value is -3.72. The van der Waals surface area contributed by atoms with Crippen LogP contribution in [0.15, 0.2) is 51.7 Å². The van der Waals surface area contributed by atoms with Gasteiger partial charge in [0.2, 0.25) is 10.9 Å². The van der Waals surface area contributed by atoms with Crippen molar-refractivity contribution >= 4 is 33.3 Å². The Morgan fingerprint density at radius 1 is 1.18 bits per heavy atom. The van der Waals surface area contributed by atoms with Crippen LogP contribution in [-0.2, 0) is 6.42 Å². The fraction of sp³-hybridized carbons (Fsp3) is 0.250. The van der Waals surface area contributed by atoms with Crippen LogP contribution >= 0.6 is 11.3 Å². The number of hydrogen-bond acceptors (Lipinski definition) is 8. The number of para-hydroxylation sites is 1. The minimum Gasteiger partial charge on any atom is -0.504 e. The predicted molar refractivity (Wildman–Crippen MR) is 124 cm³/mol. The number of aromatic nitrogens is 2. The number of carbonyl (C=O) groups excluding carboxylic acids is 1.